The molecule has 1 amide bonds. The fraction of sp³-hybridized carbons (Fsp3) is 0.429. The Morgan fingerprint density at radius 2 is 2.28 bits per heavy atom. The van der Waals surface area contributed by atoms with E-state index in [9.17, 15) is 4.79 Å². The lowest BCUT2D eigenvalue weighted by Crippen LogP contribution is -2.46. The van der Waals surface area contributed by atoms with Gasteiger partial charge in [0.15, 0.2) is 5.82 Å². The number of likely N-dealkylation sites (N-methyl/N-ethyl adjacent to an activating group) is 1. The molecule has 0 bridgehead atoms. The van der Waals surface area contributed by atoms with E-state index in [4.69, 9.17) is 16.6 Å². The molecule has 1 saturated heterocycles. The number of aromatic nitrogens is 4. The minimum absolute atomic E-state index is 0.102. The minimum Gasteiger partial charge on any atom is -0.355 e. The van der Waals surface area contributed by atoms with Gasteiger partial charge in [0.1, 0.15) is 17.5 Å². The molecule has 3 aromatic rings. The van der Waals surface area contributed by atoms with Crippen molar-refractivity contribution < 1.29 is 4.79 Å². The minimum atomic E-state index is -0.163. The molecule has 2 N–H and O–H groups in total. The summed E-state index contributed by atoms with van der Waals surface area (Å²) in [5, 5.41) is 4.47. The van der Waals surface area contributed by atoms with Crippen molar-refractivity contribution in [2.75, 3.05) is 18.0 Å². The highest BCUT2D eigenvalue weighted by molar-refractivity contribution is 6.31. The zero-order valence-corrected chi connectivity index (χ0v) is 17.0. The Hall–Kier alpha value is -2.67. The van der Waals surface area contributed by atoms with Gasteiger partial charge in [0, 0.05) is 42.6 Å². The average molecular weight is 411 g/mol. The summed E-state index contributed by atoms with van der Waals surface area (Å²) in [4.78, 5) is 31.8. The number of hydrogen-bond acceptors (Lipinski definition) is 5. The van der Waals surface area contributed by atoms with Crippen molar-refractivity contribution in [3.05, 3.63) is 35.7 Å². The van der Waals surface area contributed by atoms with Crippen molar-refractivity contribution >= 4 is 34.4 Å². The summed E-state index contributed by atoms with van der Waals surface area (Å²) in [5.41, 5.74) is 1.60. The smallest absolute Gasteiger partial charge is 0.243 e. The maximum Gasteiger partial charge on any atom is 0.243 e. The summed E-state index contributed by atoms with van der Waals surface area (Å²) in [5.74, 6) is 2.45. The molecular weight excluding hydrogens is 388 g/mol. The Labute approximate surface area is 173 Å². The number of anilines is 1. The van der Waals surface area contributed by atoms with Crippen LogP contribution in [0.4, 0.5) is 5.82 Å². The van der Waals surface area contributed by atoms with Crippen LogP contribution in [-0.2, 0) is 4.79 Å². The first kappa shape index (κ1) is 18.4. The normalized spacial score (nSPS) is 23.5. The lowest BCUT2D eigenvalue weighted by atomic mass is 9.93. The van der Waals surface area contributed by atoms with Crippen LogP contribution in [0.25, 0.3) is 22.4 Å². The zero-order chi connectivity index (χ0) is 20.0. The number of carbonyl (C=O) groups excluding carboxylic acids is 1. The van der Waals surface area contributed by atoms with Crippen LogP contribution in [0.15, 0.2) is 30.7 Å². The highest BCUT2D eigenvalue weighted by Crippen LogP contribution is 2.43. The molecule has 0 aromatic carbocycles. The average Bonchev–Trinajstić information content (AvgIpc) is 3.41. The number of nitrogens with one attached hydrogen (secondary N) is 2. The lowest BCUT2D eigenvalue weighted by molar-refractivity contribution is -0.123. The Balaban J connectivity index is 1.53. The molecule has 0 radical (unpaired) electrons. The van der Waals surface area contributed by atoms with Crippen LogP contribution in [0.1, 0.15) is 26.2 Å². The number of fused-ring (bicyclic) bond motifs is 2. The maximum atomic E-state index is 12.9. The van der Waals surface area contributed by atoms with Crippen molar-refractivity contribution in [3.8, 4) is 11.4 Å². The predicted octanol–water partition coefficient (Wildman–Crippen LogP) is 3.41. The molecule has 3 aromatic heterocycles. The van der Waals surface area contributed by atoms with Gasteiger partial charge < -0.3 is 15.2 Å². The third-order valence-electron chi connectivity index (χ3n) is 6.18. The number of rotatable bonds is 4. The Bertz CT molecular complexity index is 1070. The molecule has 2 fully saturated rings. The highest BCUT2D eigenvalue weighted by atomic mass is 35.5. The number of nitrogens with zero attached hydrogens (tertiary/aromatic N) is 4. The summed E-state index contributed by atoms with van der Waals surface area (Å²) < 4.78 is 0. The van der Waals surface area contributed by atoms with Crippen molar-refractivity contribution in [2.45, 2.75) is 32.2 Å². The molecule has 2 aliphatic rings. The van der Waals surface area contributed by atoms with E-state index in [2.05, 4.69) is 25.2 Å². The van der Waals surface area contributed by atoms with E-state index >= 15 is 0 Å². The molecule has 8 heteroatoms. The van der Waals surface area contributed by atoms with Gasteiger partial charge in [-0.3, -0.25) is 4.79 Å². The first-order valence-corrected chi connectivity index (χ1v) is 10.5. The molecule has 1 aliphatic carbocycles. The van der Waals surface area contributed by atoms with Crippen molar-refractivity contribution in [3.63, 3.8) is 0 Å². The monoisotopic (exact) mass is 410 g/mol. The highest BCUT2D eigenvalue weighted by Gasteiger charge is 2.48. The van der Waals surface area contributed by atoms with Crippen molar-refractivity contribution in [1.29, 1.82) is 0 Å². The van der Waals surface area contributed by atoms with Gasteiger partial charge in [-0.15, -0.1) is 0 Å². The number of amides is 1. The number of aromatic amines is 1. The van der Waals surface area contributed by atoms with E-state index in [-0.39, 0.29) is 11.9 Å². The number of H-pyrrole nitrogens is 1. The summed E-state index contributed by atoms with van der Waals surface area (Å²) in [6.07, 6.45) is 8.72. The number of halogens is 1. The topological polar surface area (TPSA) is 86.8 Å². The molecule has 0 spiro atoms. The Kier molecular flexibility index (Phi) is 4.62. The third kappa shape index (κ3) is 3.13. The van der Waals surface area contributed by atoms with Crippen LogP contribution in [-0.4, -0.2) is 45.0 Å². The summed E-state index contributed by atoms with van der Waals surface area (Å²) in [7, 11) is 0. The van der Waals surface area contributed by atoms with Gasteiger partial charge in [0.05, 0.1) is 5.02 Å². The van der Waals surface area contributed by atoms with Crippen LogP contribution >= 0.6 is 11.6 Å². The molecule has 7 nitrogen and oxygen atoms in total. The third-order valence-corrected chi connectivity index (χ3v) is 6.39. The van der Waals surface area contributed by atoms with Gasteiger partial charge in [0.2, 0.25) is 5.91 Å². The standard InChI is InChI=1S/C21H23ClN6O/c1-2-23-21(29)18-14-5-3-4-12(14)11-28(18)17-6-7-24-20(27-17)16-10-26-19-15(16)8-13(22)9-25-19/h6-10,12,14,18H,2-5,11H2,1H3,(H,23,29)(H,25,26)/t12-,14-,18-/m1/s1. The van der Waals surface area contributed by atoms with E-state index in [1.54, 1.807) is 12.4 Å². The second kappa shape index (κ2) is 7.30. The molecule has 29 heavy (non-hydrogen) atoms. The van der Waals surface area contributed by atoms with Gasteiger partial charge in [-0.05, 0) is 43.7 Å². The Morgan fingerprint density at radius 1 is 1.38 bits per heavy atom. The van der Waals surface area contributed by atoms with E-state index in [0.29, 0.717) is 29.2 Å². The van der Waals surface area contributed by atoms with Crippen molar-refractivity contribution in [1.82, 2.24) is 25.3 Å². The molecule has 150 valence electrons. The van der Waals surface area contributed by atoms with Gasteiger partial charge in [0.25, 0.3) is 0 Å². The predicted molar refractivity (Wildman–Crippen MR) is 113 cm³/mol. The molecule has 5 rings (SSSR count). The van der Waals surface area contributed by atoms with E-state index in [1.807, 2.05) is 25.3 Å². The van der Waals surface area contributed by atoms with Crippen LogP contribution in [0.2, 0.25) is 5.02 Å². The first-order chi connectivity index (χ1) is 14.2. The van der Waals surface area contributed by atoms with Crippen LogP contribution in [0, 0.1) is 11.8 Å². The molecule has 1 saturated carbocycles. The van der Waals surface area contributed by atoms with Gasteiger partial charge in [-0.25, -0.2) is 15.0 Å². The molecular formula is C21H23ClN6O. The molecule has 3 atom stereocenters. The van der Waals surface area contributed by atoms with Crippen LogP contribution < -0.4 is 10.2 Å². The SMILES string of the molecule is CCNC(=O)[C@H]1[C@@H]2CCC[C@@H]2CN1c1ccnc(-c2c[nH]c3ncc(Cl)cc23)n1. The van der Waals surface area contributed by atoms with E-state index < -0.39 is 0 Å². The number of carbonyl (C=O) groups is 1. The molecule has 4 heterocycles. The zero-order valence-electron chi connectivity index (χ0n) is 16.2. The van der Waals surface area contributed by atoms with Crippen LogP contribution in [0.3, 0.4) is 0 Å². The Morgan fingerprint density at radius 3 is 3.14 bits per heavy atom. The lowest BCUT2D eigenvalue weighted by Gasteiger charge is -2.27. The second-order valence-corrected chi connectivity index (χ2v) is 8.27. The van der Waals surface area contributed by atoms with Gasteiger partial charge in [-0.1, -0.05) is 18.0 Å². The second-order valence-electron chi connectivity index (χ2n) is 7.84. The van der Waals surface area contributed by atoms with Gasteiger partial charge in [-0.2, -0.15) is 0 Å². The summed E-state index contributed by atoms with van der Waals surface area (Å²) in [6.45, 7) is 3.46. The summed E-state index contributed by atoms with van der Waals surface area (Å²) >= 11 is 6.14. The van der Waals surface area contributed by atoms with E-state index in [1.165, 1.54) is 12.8 Å². The van der Waals surface area contributed by atoms with Crippen molar-refractivity contribution in [2.24, 2.45) is 11.8 Å². The quantitative estimate of drug-likeness (QED) is 0.688. The maximum absolute atomic E-state index is 12.9. The number of pyridine rings is 1. The first-order valence-electron chi connectivity index (χ1n) is 10.2. The molecule has 0 unspecified atom stereocenters. The van der Waals surface area contributed by atoms with E-state index in [0.717, 1.165) is 35.4 Å². The fourth-order valence-corrected chi connectivity index (χ4v) is 5.12. The fourth-order valence-electron chi connectivity index (χ4n) is 4.96. The largest absolute Gasteiger partial charge is 0.355 e. The summed E-state index contributed by atoms with van der Waals surface area (Å²) in [6, 6.07) is 3.60. The number of hydrogen-bond donors (Lipinski definition) is 2. The molecule has 1 aliphatic heterocycles. The van der Waals surface area contributed by atoms with Gasteiger partial charge >= 0.3 is 0 Å². The van der Waals surface area contributed by atoms with Crippen LogP contribution in [0.5, 0.6) is 0 Å².